The first kappa shape index (κ1) is 9.49. The van der Waals surface area contributed by atoms with Gasteiger partial charge in [-0.15, -0.1) is 11.8 Å². The van der Waals surface area contributed by atoms with Gasteiger partial charge in [0.05, 0.1) is 6.61 Å². The number of carbonyl (C=O) groups is 2. The van der Waals surface area contributed by atoms with Crippen molar-refractivity contribution in [2.75, 3.05) is 12.9 Å². The second-order valence-electron chi connectivity index (χ2n) is 1.54. The van der Waals surface area contributed by atoms with Crippen LogP contribution in [0.15, 0.2) is 0 Å². The molecular formula is C6H10O3S. The molecule has 0 aromatic rings. The standard InChI is InChI=1S/C6H10O3S/c1-3-9-6(8)5(4-7)10-2/h4-5H,3H2,1-2H3. The Balaban J connectivity index is 3.76. The summed E-state index contributed by atoms with van der Waals surface area (Å²) in [7, 11) is 0. The van der Waals surface area contributed by atoms with Crippen molar-refractivity contribution in [3.63, 3.8) is 0 Å². The van der Waals surface area contributed by atoms with E-state index in [0.717, 1.165) is 0 Å². The van der Waals surface area contributed by atoms with Gasteiger partial charge in [0.15, 0.2) is 5.25 Å². The summed E-state index contributed by atoms with van der Waals surface area (Å²) in [4.78, 5) is 20.9. The Bertz CT molecular complexity index is 124. The zero-order chi connectivity index (χ0) is 7.98. The lowest BCUT2D eigenvalue weighted by atomic mass is 10.5. The van der Waals surface area contributed by atoms with Crippen molar-refractivity contribution >= 4 is 24.0 Å². The Labute approximate surface area is 64.1 Å². The van der Waals surface area contributed by atoms with Crippen LogP contribution in [0.1, 0.15) is 6.92 Å². The number of esters is 1. The van der Waals surface area contributed by atoms with Gasteiger partial charge in [0.25, 0.3) is 0 Å². The molecule has 3 nitrogen and oxygen atoms in total. The summed E-state index contributed by atoms with van der Waals surface area (Å²) in [6.07, 6.45) is 2.28. The monoisotopic (exact) mass is 162 g/mol. The van der Waals surface area contributed by atoms with Gasteiger partial charge < -0.3 is 9.53 Å². The van der Waals surface area contributed by atoms with E-state index in [2.05, 4.69) is 4.74 Å². The third-order valence-corrected chi connectivity index (χ3v) is 1.71. The number of hydrogen-bond donors (Lipinski definition) is 0. The van der Waals surface area contributed by atoms with Crippen molar-refractivity contribution in [2.24, 2.45) is 0 Å². The maximum absolute atomic E-state index is 10.7. The third kappa shape index (κ3) is 2.87. The lowest BCUT2D eigenvalue weighted by Gasteiger charge is -2.04. The van der Waals surface area contributed by atoms with Gasteiger partial charge in [-0.2, -0.15) is 0 Å². The summed E-state index contributed by atoms with van der Waals surface area (Å²) < 4.78 is 4.59. The molecule has 0 heterocycles. The van der Waals surface area contributed by atoms with Crippen LogP contribution in [0.25, 0.3) is 0 Å². The van der Waals surface area contributed by atoms with E-state index in [4.69, 9.17) is 0 Å². The van der Waals surface area contributed by atoms with Gasteiger partial charge >= 0.3 is 5.97 Å². The number of ether oxygens (including phenoxy) is 1. The fraction of sp³-hybridized carbons (Fsp3) is 0.667. The molecule has 0 aliphatic heterocycles. The first-order chi connectivity index (χ1) is 4.76. The first-order valence-electron chi connectivity index (χ1n) is 2.91. The predicted molar refractivity (Wildman–Crippen MR) is 40.0 cm³/mol. The van der Waals surface area contributed by atoms with E-state index >= 15 is 0 Å². The van der Waals surface area contributed by atoms with E-state index in [1.807, 2.05) is 0 Å². The number of carbonyl (C=O) groups excluding carboxylic acids is 2. The van der Waals surface area contributed by atoms with E-state index in [9.17, 15) is 9.59 Å². The molecule has 0 aromatic carbocycles. The van der Waals surface area contributed by atoms with Gasteiger partial charge in [0, 0.05) is 0 Å². The molecule has 1 atom stereocenters. The molecular weight excluding hydrogens is 152 g/mol. The molecule has 0 saturated carbocycles. The number of rotatable bonds is 4. The van der Waals surface area contributed by atoms with Crippen LogP contribution in [0.4, 0.5) is 0 Å². The number of aldehydes is 1. The number of thioether (sulfide) groups is 1. The lowest BCUT2D eigenvalue weighted by Crippen LogP contribution is -2.20. The minimum atomic E-state index is -0.653. The Morgan fingerprint density at radius 3 is 2.70 bits per heavy atom. The average molecular weight is 162 g/mol. The van der Waals surface area contributed by atoms with Crippen LogP contribution < -0.4 is 0 Å². The van der Waals surface area contributed by atoms with Crippen LogP contribution in [0.2, 0.25) is 0 Å². The van der Waals surface area contributed by atoms with Crippen molar-refractivity contribution in [2.45, 2.75) is 12.2 Å². The van der Waals surface area contributed by atoms with Crippen molar-refractivity contribution in [3.8, 4) is 0 Å². The van der Waals surface area contributed by atoms with E-state index < -0.39 is 11.2 Å². The van der Waals surface area contributed by atoms with Crippen molar-refractivity contribution in [1.82, 2.24) is 0 Å². The van der Waals surface area contributed by atoms with Crippen LogP contribution >= 0.6 is 11.8 Å². The molecule has 0 spiro atoms. The van der Waals surface area contributed by atoms with Gasteiger partial charge in [-0.1, -0.05) is 0 Å². The Morgan fingerprint density at radius 1 is 1.80 bits per heavy atom. The molecule has 0 radical (unpaired) electrons. The molecule has 0 fully saturated rings. The van der Waals surface area contributed by atoms with Crippen LogP contribution in [-0.4, -0.2) is 30.4 Å². The molecule has 10 heavy (non-hydrogen) atoms. The molecule has 0 aromatic heterocycles. The molecule has 0 aliphatic carbocycles. The van der Waals surface area contributed by atoms with Gasteiger partial charge in [0.1, 0.15) is 6.29 Å². The van der Waals surface area contributed by atoms with Crippen LogP contribution in [0, 0.1) is 0 Å². The van der Waals surface area contributed by atoms with Crippen molar-refractivity contribution < 1.29 is 14.3 Å². The van der Waals surface area contributed by atoms with Crippen molar-refractivity contribution in [3.05, 3.63) is 0 Å². The molecule has 0 N–H and O–H groups in total. The second kappa shape index (κ2) is 5.29. The molecule has 0 aliphatic rings. The molecule has 4 heteroatoms. The zero-order valence-electron chi connectivity index (χ0n) is 5.99. The fourth-order valence-electron chi connectivity index (χ4n) is 0.432. The molecule has 0 amide bonds. The van der Waals surface area contributed by atoms with Gasteiger partial charge in [-0.3, -0.25) is 4.79 Å². The highest BCUT2D eigenvalue weighted by atomic mass is 32.2. The minimum absolute atomic E-state index is 0.323. The quantitative estimate of drug-likeness (QED) is 0.342. The highest BCUT2D eigenvalue weighted by Gasteiger charge is 2.16. The summed E-state index contributed by atoms with van der Waals surface area (Å²) in [6.45, 7) is 2.03. The summed E-state index contributed by atoms with van der Waals surface area (Å²) in [5.41, 5.74) is 0. The Kier molecular flexibility index (Phi) is 5.02. The highest BCUT2D eigenvalue weighted by Crippen LogP contribution is 2.04. The van der Waals surface area contributed by atoms with Gasteiger partial charge in [-0.25, -0.2) is 0 Å². The first-order valence-corrected chi connectivity index (χ1v) is 4.19. The SMILES string of the molecule is CCOC(=O)C(C=O)SC. The highest BCUT2D eigenvalue weighted by molar-refractivity contribution is 8.00. The maximum Gasteiger partial charge on any atom is 0.326 e. The molecule has 0 saturated heterocycles. The average Bonchev–Trinajstić information content (AvgIpc) is 1.91. The normalized spacial score (nSPS) is 12.2. The largest absolute Gasteiger partial charge is 0.465 e. The van der Waals surface area contributed by atoms with E-state index in [1.165, 1.54) is 11.8 Å². The fourth-order valence-corrected chi connectivity index (χ4v) is 0.803. The Morgan fingerprint density at radius 2 is 2.40 bits per heavy atom. The lowest BCUT2D eigenvalue weighted by molar-refractivity contribution is -0.143. The molecule has 58 valence electrons. The smallest absolute Gasteiger partial charge is 0.326 e. The molecule has 0 rings (SSSR count). The second-order valence-corrected chi connectivity index (χ2v) is 2.52. The summed E-state index contributed by atoms with van der Waals surface area (Å²) in [5.74, 6) is -0.454. The van der Waals surface area contributed by atoms with Gasteiger partial charge in [-0.05, 0) is 13.2 Å². The topological polar surface area (TPSA) is 43.4 Å². The summed E-state index contributed by atoms with van der Waals surface area (Å²) in [6, 6.07) is 0. The summed E-state index contributed by atoms with van der Waals surface area (Å²) in [5, 5.41) is -0.653. The molecule has 1 unspecified atom stereocenters. The third-order valence-electron chi connectivity index (χ3n) is 0.896. The minimum Gasteiger partial charge on any atom is -0.465 e. The van der Waals surface area contributed by atoms with Crippen LogP contribution in [-0.2, 0) is 14.3 Å². The Hall–Kier alpha value is -0.510. The van der Waals surface area contributed by atoms with E-state index in [1.54, 1.807) is 13.2 Å². The predicted octanol–water partition coefficient (Wildman–Crippen LogP) is 0.480. The van der Waals surface area contributed by atoms with Crippen LogP contribution in [0.5, 0.6) is 0 Å². The maximum atomic E-state index is 10.7. The zero-order valence-corrected chi connectivity index (χ0v) is 6.81. The summed E-state index contributed by atoms with van der Waals surface area (Å²) >= 11 is 1.18. The van der Waals surface area contributed by atoms with E-state index in [-0.39, 0.29) is 0 Å². The number of hydrogen-bond acceptors (Lipinski definition) is 4. The van der Waals surface area contributed by atoms with Crippen LogP contribution in [0.3, 0.4) is 0 Å². The van der Waals surface area contributed by atoms with E-state index in [0.29, 0.717) is 12.9 Å². The molecule has 0 bridgehead atoms. The van der Waals surface area contributed by atoms with Crippen molar-refractivity contribution in [1.29, 1.82) is 0 Å². The van der Waals surface area contributed by atoms with Gasteiger partial charge in [0.2, 0.25) is 0 Å².